The molecule has 2 aromatic carbocycles. The van der Waals surface area contributed by atoms with Gasteiger partial charge in [-0.15, -0.1) is 0 Å². The number of allylic oxidation sites excluding steroid dienone is 1. The second-order valence-electron chi connectivity index (χ2n) is 7.61. The molecule has 30 heavy (non-hydrogen) atoms. The van der Waals surface area contributed by atoms with Gasteiger partial charge in [0.05, 0.1) is 0 Å². The van der Waals surface area contributed by atoms with Crippen molar-refractivity contribution >= 4 is 46.6 Å². The Balaban J connectivity index is 1.38. The first-order valence-corrected chi connectivity index (χ1v) is 10.2. The zero-order chi connectivity index (χ0) is 21.3. The molecular weight excluding hydrogens is 402 g/mol. The fraction of sp³-hybridized carbons (Fsp3) is 0.261. The molecule has 154 valence electrons. The predicted molar refractivity (Wildman–Crippen MR) is 118 cm³/mol. The molecule has 2 aromatic rings. The maximum atomic E-state index is 12.7. The highest BCUT2D eigenvalue weighted by Crippen LogP contribution is 2.24. The van der Waals surface area contributed by atoms with Crippen molar-refractivity contribution in [1.82, 2.24) is 4.90 Å². The normalized spacial score (nSPS) is 18.2. The van der Waals surface area contributed by atoms with E-state index in [1.165, 1.54) is 6.08 Å². The van der Waals surface area contributed by atoms with Crippen LogP contribution in [0.1, 0.15) is 18.1 Å². The van der Waals surface area contributed by atoms with E-state index >= 15 is 0 Å². The summed E-state index contributed by atoms with van der Waals surface area (Å²) < 4.78 is 0. The van der Waals surface area contributed by atoms with E-state index < -0.39 is 11.8 Å². The molecule has 4 rings (SSSR count). The number of ketones is 1. The van der Waals surface area contributed by atoms with Gasteiger partial charge in [-0.3, -0.25) is 14.4 Å². The van der Waals surface area contributed by atoms with E-state index in [0.29, 0.717) is 36.8 Å². The van der Waals surface area contributed by atoms with Crippen molar-refractivity contribution in [2.24, 2.45) is 0 Å². The minimum absolute atomic E-state index is 0.0568. The summed E-state index contributed by atoms with van der Waals surface area (Å²) in [5, 5.41) is 3.37. The zero-order valence-electron chi connectivity index (χ0n) is 16.6. The number of fused-ring (bicyclic) bond motifs is 1. The van der Waals surface area contributed by atoms with Gasteiger partial charge in [0, 0.05) is 48.5 Å². The van der Waals surface area contributed by atoms with E-state index in [1.54, 1.807) is 23.1 Å². The predicted octanol–water partition coefficient (Wildman–Crippen LogP) is 3.15. The molecule has 0 saturated carbocycles. The lowest BCUT2D eigenvalue weighted by Crippen LogP contribution is -2.55. The number of anilines is 2. The minimum atomic E-state index is -0.655. The van der Waals surface area contributed by atoms with Gasteiger partial charge in [-0.2, -0.15) is 0 Å². The molecule has 1 aliphatic carbocycles. The Kier molecular flexibility index (Phi) is 5.59. The summed E-state index contributed by atoms with van der Waals surface area (Å²) in [5.74, 6) is -1.14. The number of benzene rings is 2. The van der Waals surface area contributed by atoms with Crippen molar-refractivity contribution in [2.45, 2.75) is 19.4 Å². The smallest absolute Gasteiger partial charge is 0.313 e. The maximum Gasteiger partial charge on any atom is 0.313 e. The number of nitrogens with zero attached hydrogens (tertiary/aromatic N) is 2. The van der Waals surface area contributed by atoms with Crippen LogP contribution < -0.4 is 10.2 Å². The highest BCUT2D eigenvalue weighted by molar-refractivity contribution is 6.39. The van der Waals surface area contributed by atoms with Crippen molar-refractivity contribution in [2.75, 3.05) is 29.9 Å². The van der Waals surface area contributed by atoms with Gasteiger partial charge >= 0.3 is 11.8 Å². The Morgan fingerprint density at radius 3 is 2.57 bits per heavy atom. The summed E-state index contributed by atoms with van der Waals surface area (Å²) in [5.41, 5.74) is 3.38. The largest absolute Gasteiger partial charge is 0.365 e. The molecule has 1 heterocycles. The van der Waals surface area contributed by atoms with E-state index in [4.69, 9.17) is 11.6 Å². The molecule has 1 atom stereocenters. The third kappa shape index (κ3) is 4.24. The number of carbonyl (C=O) groups excluding carboxylic acids is 3. The summed E-state index contributed by atoms with van der Waals surface area (Å²) in [6.07, 6.45) is 3.62. The van der Waals surface area contributed by atoms with E-state index in [1.807, 2.05) is 37.3 Å². The summed E-state index contributed by atoms with van der Waals surface area (Å²) >= 11 is 5.96. The summed E-state index contributed by atoms with van der Waals surface area (Å²) in [6, 6.07) is 13.0. The summed E-state index contributed by atoms with van der Waals surface area (Å²) in [4.78, 5) is 40.5. The van der Waals surface area contributed by atoms with E-state index in [0.717, 1.165) is 16.8 Å². The summed E-state index contributed by atoms with van der Waals surface area (Å²) in [6.45, 7) is 3.60. The molecule has 1 aliphatic heterocycles. The van der Waals surface area contributed by atoms with E-state index in [2.05, 4.69) is 10.2 Å². The van der Waals surface area contributed by atoms with Gasteiger partial charge in [0.2, 0.25) is 0 Å². The molecule has 2 aliphatic rings. The van der Waals surface area contributed by atoms with Crippen LogP contribution in [0.3, 0.4) is 0 Å². The lowest BCUT2D eigenvalue weighted by atomic mass is 9.96. The van der Waals surface area contributed by atoms with Crippen molar-refractivity contribution in [3.63, 3.8) is 0 Å². The number of hydrogen-bond donors (Lipinski definition) is 1. The Labute approximate surface area is 180 Å². The second-order valence-corrected chi connectivity index (χ2v) is 8.05. The topological polar surface area (TPSA) is 69.7 Å². The second kappa shape index (κ2) is 8.32. The van der Waals surface area contributed by atoms with Crippen LogP contribution >= 0.6 is 11.6 Å². The van der Waals surface area contributed by atoms with Gasteiger partial charge < -0.3 is 15.1 Å². The number of rotatable bonds is 2. The quantitative estimate of drug-likeness (QED) is 0.753. The maximum absolute atomic E-state index is 12.7. The fourth-order valence-corrected chi connectivity index (χ4v) is 4.03. The van der Waals surface area contributed by atoms with Crippen LogP contribution in [0.4, 0.5) is 11.4 Å². The molecule has 0 radical (unpaired) electrons. The Morgan fingerprint density at radius 2 is 1.83 bits per heavy atom. The first-order valence-electron chi connectivity index (χ1n) is 9.87. The number of piperazine rings is 1. The highest BCUT2D eigenvalue weighted by Gasteiger charge is 2.30. The van der Waals surface area contributed by atoms with Gasteiger partial charge in [-0.1, -0.05) is 23.7 Å². The molecule has 0 bridgehead atoms. The fourth-order valence-electron chi connectivity index (χ4n) is 3.90. The highest BCUT2D eigenvalue weighted by atomic mass is 35.5. The van der Waals surface area contributed by atoms with Crippen LogP contribution in [0.5, 0.6) is 0 Å². The SMILES string of the molecule is C[C@@H]1CN(C(=O)C(=O)Nc2ccc3c(c2)C=CC(=O)C3)CCN1c1ccc(Cl)cc1. The first-order chi connectivity index (χ1) is 14.4. The van der Waals surface area contributed by atoms with Crippen molar-refractivity contribution < 1.29 is 14.4 Å². The van der Waals surface area contributed by atoms with Crippen molar-refractivity contribution in [1.29, 1.82) is 0 Å². The van der Waals surface area contributed by atoms with Gasteiger partial charge in [0.15, 0.2) is 5.78 Å². The van der Waals surface area contributed by atoms with Crippen LogP contribution in [0.2, 0.25) is 5.02 Å². The van der Waals surface area contributed by atoms with Crippen molar-refractivity contribution in [3.05, 3.63) is 64.7 Å². The molecule has 0 aromatic heterocycles. The molecule has 0 unspecified atom stereocenters. The van der Waals surface area contributed by atoms with Gasteiger partial charge in [-0.25, -0.2) is 0 Å². The van der Waals surface area contributed by atoms with Crippen LogP contribution in [0.25, 0.3) is 6.08 Å². The van der Waals surface area contributed by atoms with E-state index in [9.17, 15) is 14.4 Å². The monoisotopic (exact) mass is 423 g/mol. The number of carbonyl (C=O) groups is 3. The number of halogens is 1. The lowest BCUT2D eigenvalue weighted by molar-refractivity contribution is -0.143. The van der Waals surface area contributed by atoms with Gasteiger partial charge in [-0.05, 0) is 60.5 Å². The first kappa shape index (κ1) is 20.2. The number of nitrogens with one attached hydrogen (secondary N) is 1. The average Bonchev–Trinajstić information content (AvgIpc) is 2.74. The molecule has 2 amide bonds. The molecule has 0 spiro atoms. The van der Waals surface area contributed by atoms with Crippen LogP contribution in [0, 0.1) is 0 Å². The molecular formula is C23H22ClN3O3. The minimum Gasteiger partial charge on any atom is -0.365 e. The van der Waals surface area contributed by atoms with Crippen molar-refractivity contribution in [3.8, 4) is 0 Å². The lowest BCUT2D eigenvalue weighted by Gasteiger charge is -2.41. The Bertz CT molecular complexity index is 1030. The van der Waals surface area contributed by atoms with Gasteiger partial charge in [0.25, 0.3) is 0 Å². The van der Waals surface area contributed by atoms with Crippen LogP contribution in [0.15, 0.2) is 48.5 Å². The van der Waals surface area contributed by atoms with Crippen LogP contribution in [-0.4, -0.2) is 48.2 Å². The van der Waals surface area contributed by atoms with E-state index in [-0.39, 0.29) is 11.8 Å². The standard InChI is InChI=1S/C23H22ClN3O3/c1-15-14-26(10-11-27(15)20-7-4-18(24)5-8-20)23(30)22(29)25-19-6-2-17-13-21(28)9-3-16(17)12-19/h2-9,12,15H,10-11,13-14H2,1H3,(H,25,29)/t15-/m1/s1. The van der Waals surface area contributed by atoms with Gasteiger partial charge in [0.1, 0.15) is 0 Å². The number of hydrogen-bond acceptors (Lipinski definition) is 4. The zero-order valence-corrected chi connectivity index (χ0v) is 17.4. The molecule has 1 saturated heterocycles. The molecule has 7 heteroatoms. The number of amides is 2. The molecule has 1 N–H and O–H groups in total. The average molecular weight is 424 g/mol. The Morgan fingerprint density at radius 1 is 1.07 bits per heavy atom. The molecule has 6 nitrogen and oxygen atoms in total. The Hall–Kier alpha value is -3.12. The van der Waals surface area contributed by atoms with Crippen LogP contribution in [-0.2, 0) is 20.8 Å². The summed E-state index contributed by atoms with van der Waals surface area (Å²) in [7, 11) is 0. The third-order valence-corrected chi connectivity index (χ3v) is 5.74. The molecule has 1 fully saturated rings. The third-order valence-electron chi connectivity index (χ3n) is 5.48.